The zero-order valence-electron chi connectivity index (χ0n) is 12.3. The van der Waals surface area contributed by atoms with Gasteiger partial charge in [0.2, 0.25) is 11.8 Å². The molecule has 2 N–H and O–H groups in total. The summed E-state index contributed by atoms with van der Waals surface area (Å²) in [6.45, 7) is 6.65. The Kier molecular flexibility index (Phi) is 4.12. The van der Waals surface area contributed by atoms with E-state index in [-0.39, 0.29) is 11.8 Å². The smallest absolute Gasteiger partial charge is 0.240 e. The molecule has 0 aromatic heterocycles. The number of carbonyl (C=O) groups excluding carboxylic acids is 2. The average Bonchev–Trinajstić information content (AvgIpc) is 3.17. The lowest BCUT2D eigenvalue weighted by Gasteiger charge is -2.16. The Balaban J connectivity index is 1.99. The molecule has 1 saturated carbocycles. The Morgan fingerprint density at radius 3 is 2.50 bits per heavy atom. The Bertz CT molecular complexity index is 519. The number of benzene rings is 1. The predicted molar refractivity (Wildman–Crippen MR) is 79.3 cm³/mol. The predicted octanol–water partition coefficient (Wildman–Crippen LogP) is 2.49. The molecular formula is C16H22N2O2. The molecule has 0 spiro atoms. The van der Waals surface area contributed by atoms with E-state index in [1.165, 1.54) is 0 Å². The molecule has 1 fully saturated rings. The van der Waals surface area contributed by atoms with Crippen LogP contribution in [0.2, 0.25) is 0 Å². The topological polar surface area (TPSA) is 58.2 Å². The van der Waals surface area contributed by atoms with Crippen molar-refractivity contribution < 1.29 is 9.59 Å². The second-order valence-corrected chi connectivity index (χ2v) is 6.01. The Morgan fingerprint density at radius 1 is 1.25 bits per heavy atom. The van der Waals surface area contributed by atoms with Gasteiger partial charge in [-0.25, -0.2) is 0 Å². The van der Waals surface area contributed by atoms with E-state index in [9.17, 15) is 9.59 Å². The van der Waals surface area contributed by atoms with Crippen LogP contribution in [0.25, 0.3) is 0 Å². The van der Waals surface area contributed by atoms with E-state index in [0.29, 0.717) is 25.3 Å². The molecule has 2 amide bonds. The first-order valence-electron chi connectivity index (χ1n) is 7.10. The van der Waals surface area contributed by atoms with Crippen molar-refractivity contribution in [1.29, 1.82) is 0 Å². The molecular weight excluding hydrogens is 252 g/mol. The van der Waals surface area contributed by atoms with Crippen LogP contribution in [-0.2, 0) is 9.59 Å². The third-order valence-corrected chi connectivity index (χ3v) is 3.57. The first-order valence-corrected chi connectivity index (χ1v) is 7.10. The molecule has 108 valence electrons. The minimum absolute atomic E-state index is 0.142. The molecule has 0 heterocycles. The van der Waals surface area contributed by atoms with E-state index in [1.54, 1.807) is 0 Å². The van der Waals surface area contributed by atoms with Gasteiger partial charge in [-0.1, -0.05) is 26.0 Å². The molecule has 4 heteroatoms. The van der Waals surface area contributed by atoms with E-state index in [0.717, 1.165) is 11.3 Å². The zero-order valence-corrected chi connectivity index (χ0v) is 12.3. The number of rotatable bonds is 5. The van der Waals surface area contributed by atoms with Crippen molar-refractivity contribution in [2.75, 3.05) is 11.9 Å². The fourth-order valence-corrected chi connectivity index (χ4v) is 2.12. The highest BCUT2D eigenvalue weighted by atomic mass is 16.2. The normalized spacial score (nSPS) is 15.8. The summed E-state index contributed by atoms with van der Waals surface area (Å²) in [6.07, 6.45) is 1.27. The van der Waals surface area contributed by atoms with Crippen molar-refractivity contribution in [3.8, 4) is 0 Å². The highest BCUT2D eigenvalue weighted by Crippen LogP contribution is 2.46. The van der Waals surface area contributed by atoms with Crippen LogP contribution in [0.4, 0.5) is 5.69 Å². The van der Waals surface area contributed by atoms with Crippen molar-refractivity contribution in [3.05, 3.63) is 29.8 Å². The molecule has 1 aromatic rings. The molecule has 0 unspecified atom stereocenters. The maximum atomic E-state index is 12.3. The first kappa shape index (κ1) is 14.6. The summed E-state index contributed by atoms with van der Waals surface area (Å²) < 4.78 is 0. The maximum Gasteiger partial charge on any atom is 0.240 e. The highest BCUT2D eigenvalue weighted by molar-refractivity contribution is 6.13. The van der Waals surface area contributed by atoms with Gasteiger partial charge < -0.3 is 10.6 Å². The van der Waals surface area contributed by atoms with Gasteiger partial charge in [-0.05, 0) is 43.4 Å². The molecule has 1 aromatic carbocycles. The third-order valence-electron chi connectivity index (χ3n) is 3.57. The zero-order chi connectivity index (χ0) is 14.8. The lowest BCUT2D eigenvalue weighted by atomic mass is 10.0. The van der Waals surface area contributed by atoms with Crippen LogP contribution in [0.5, 0.6) is 0 Å². The summed E-state index contributed by atoms with van der Waals surface area (Å²) in [7, 11) is 0. The number of aryl methyl sites for hydroxylation is 1. The first-order chi connectivity index (χ1) is 9.44. The van der Waals surface area contributed by atoms with Gasteiger partial charge in [-0.15, -0.1) is 0 Å². The van der Waals surface area contributed by atoms with Crippen LogP contribution in [0, 0.1) is 18.3 Å². The van der Waals surface area contributed by atoms with Crippen LogP contribution in [0.15, 0.2) is 24.3 Å². The number of hydrogen-bond acceptors (Lipinski definition) is 2. The number of hydrogen-bond donors (Lipinski definition) is 2. The van der Waals surface area contributed by atoms with Gasteiger partial charge in [-0.3, -0.25) is 9.59 Å². The molecule has 20 heavy (non-hydrogen) atoms. The number of carbonyl (C=O) groups is 2. The van der Waals surface area contributed by atoms with Gasteiger partial charge in [0.25, 0.3) is 0 Å². The maximum absolute atomic E-state index is 12.3. The van der Waals surface area contributed by atoms with Gasteiger partial charge in [0.05, 0.1) is 0 Å². The van der Waals surface area contributed by atoms with Crippen molar-refractivity contribution in [3.63, 3.8) is 0 Å². The average molecular weight is 274 g/mol. The van der Waals surface area contributed by atoms with Gasteiger partial charge in [0.15, 0.2) is 0 Å². The van der Waals surface area contributed by atoms with Crippen LogP contribution in [-0.4, -0.2) is 18.4 Å². The Labute approximate surface area is 119 Å². The summed E-state index contributed by atoms with van der Waals surface area (Å²) in [5.74, 6) is 0.0512. The SMILES string of the molecule is Cc1cccc(NC(=O)C2(C(=O)NCC(C)C)CC2)c1. The van der Waals surface area contributed by atoms with Gasteiger partial charge >= 0.3 is 0 Å². The molecule has 0 aliphatic heterocycles. The fourth-order valence-electron chi connectivity index (χ4n) is 2.12. The van der Waals surface area contributed by atoms with E-state index in [4.69, 9.17) is 0 Å². The highest BCUT2D eigenvalue weighted by Gasteiger charge is 2.56. The Morgan fingerprint density at radius 2 is 1.95 bits per heavy atom. The fraction of sp³-hybridized carbons (Fsp3) is 0.500. The Hall–Kier alpha value is -1.84. The number of anilines is 1. The summed E-state index contributed by atoms with van der Waals surface area (Å²) >= 11 is 0. The summed E-state index contributed by atoms with van der Waals surface area (Å²) in [5.41, 5.74) is 0.980. The van der Waals surface area contributed by atoms with Crippen molar-refractivity contribution in [1.82, 2.24) is 5.32 Å². The molecule has 0 radical (unpaired) electrons. The van der Waals surface area contributed by atoms with Crippen molar-refractivity contribution >= 4 is 17.5 Å². The minimum Gasteiger partial charge on any atom is -0.355 e. The second kappa shape index (κ2) is 5.65. The minimum atomic E-state index is -0.849. The van der Waals surface area contributed by atoms with Gasteiger partial charge in [-0.2, -0.15) is 0 Å². The summed E-state index contributed by atoms with van der Waals surface area (Å²) in [6, 6.07) is 7.61. The van der Waals surface area contributed by atoms with Crippen LogP contribution >= 0.6 is 0 Å². The molecule has 0 bridgehead atoms. The molecule has 0 saturated heterocycles. The van der Waals surface area contributed by atoms with Crippen LogP contribution in [0.1, 0.15) is 32.3 Å². The van der Waals surface area contributed by atoms with Gasteiger partial charge in [0.1, 0.15) is 5.41 Å². The molecule has 0 atom stereocenters. The van der Waals surface area contributed by atoms with E-state index >= 15 is 0 Å². The van der Waals surface area contributed by atoms with Crippen LogP contribution < -0.4 is 10.6 Å². The lowest BCUT2D eigenvalue weighted by Crippen LogP contribution is -2.41. The molecule has 1 aliphatic carbocycles. The standard InChI is InChI=1S/C16H22N2O2/c1-11(2)10-17-14(19)16(7-8-16)15(20)18-13-6-4-5-12(3)9-13/h4-6,9,11H,7-8,10H2,1-3H3,(H,17,19)(H,18,20). The summed E-state index contributed by atoms with van der Waals surface area (Å²) in [4.78, 5) is 24.5. The lowest BCUT2D eigenvalue weighted by molar-refractivity contribution is -0.134. The molecule has 2 rings (SSSR count). The second-order valence-electron chi connectivity index (χ2n) is 6.01. The molecule has 1 aliphatic rings. The van der Waals surface area contributed by atoms with E-state index < -0.39 is 5.41 Å². The van der Waals surface area contributed by atoms with E-state index in [1.807, 2.05) is 45.0 Å². The quantitative estimate of drug-likeness (QED) is 0.810. The monoisotopic (exact) mass is 274 g/mol. The van der Waals surface area contributed by atoms with Crippen molar-refractivity contribution in [2.24, 2.45) is 11.3 Å². The largest absolute Gasteiger partial charge is 0.355 e. The number of nitrogens with one attached hydrogen (secondary N) is 2. The third kappa shape index (κ3) is 3.18. The van der Waals surface area contributed by atoms with Crippen LogP contribution in [0.3, 0.4) is 0 Å². The number of amides is 2. The van der Waals surface area contributed by atoms with Crippen molar-refractivity contribution in [2.45, 2.75) is 33.6 Å². The molecule has 4 nitrogen and oxygen atoms in total. The van der Waals surface area contributed by atoms with E-state index in [2.05, 4.69) is 10.6 Å². The van der Waals surface area contributed by atoms with Gasteiger partial charge in [0, 0.05) is 12.2 Å². The summed E-state index contributed by atoms with van der Waals surface area (Å²) in [5, 5.41) is 5.72.